The molecule has 1 aromatic carbocycles. The highest BCUT2D eigenvalue weighted by atomic mass is 16.5. The summed E-state index contributed by atoms with van der Waals surface area (Å²) in [5.41, 5.74) is 1.76. The van der Waals surface area contributed by atoms with Gasteiger partial charge < -0.3 is 14.6 Å². The standard InChI is InChI=1S/C18H20N4O3/c1-11(2)16-18(22-9-5-6-14(23)17(22)19-16)21-20-13-10-12(24-3)7-8-15(13)25-4/h5-11,23H,1-4H3. The predicted molar refractivity (Wildman–Crippen MR) is 94.7 cm³/mol. The lowest BCUT2D eigenvalue weighted by Crippen LogP contribution is -1.88. The summed E-state index contributed by atoms with van der Waals surface area (Å²) in [4.78, 5) is 4.50. The SMILES string of the molecule is COc1ccc(OC)c(N=Nc2c(C(C)C)nc3c(O)cccn23)c1. The average Bonchev–Trinajstić information content (AvgIpc) is 3.00. The van der Waals surface area contributed by atoms with Crippen LogP contribution in [0.3, 0.4) is 0 Å². The number of ether oxygens (including phenoxy) is 2. The van der Waals surface area contributed by atoms with Crippen LogP contribution in [0.5, 0.6) is 17.2 Å². The van der Waals surface area contributed by atoms with Crippen LogP contribution in [0, 0.1) is 0 Å². The molecule has 0 aliphatic rings. The number of hydrogen-bond donors (Lipinski definition) is 1. The van der Waals surface area contributed by atoms with Crippen molar-refractivity contribution in [2.45, 2.75) is 19.8 Å². The molecular formula is C18H20N4O3. The van der Waals surface area contributed by atoms with Crippen LogP contribution >= 0.6 is 0 Å². The van der Waals surface area contributed by atoms with Gasteiger partial charge in [-0.2, -0.15) is 0 Å². The fourth-order valence-corrected chi connectivity index (χ4v) is 2.52. The number of hydrogen-bond acceptors (Lipinski definition) is 6. The van der Waals surface area contributed by atoms with Gasteiger partial charge in [0.1, 0.15) is 17.2 Å². The number of azo groups is 1. The molecule has 2 aromatic heterocycles. The Balaban J connectivity index is 2.13. The maximum Gasteiger partial charge on any atom is 0.183 e. The van der Waals surface area contributed by atoms with E-state index in [4.69, 9.17) is 9.47 Å². The summed E-state index contributed by atoms with van der Waals surface area (Å²) in [7, 11) is 3.17. The number of benzene rings is 1. The fraction of sp³-hybridized carbons (Fsp3) is 0.278. The van der Waals surface area contributed by atoms with Gasteiger partial charge in [0.15, 0.2) is 17.2 Å². The van der Waals surface area contributed by atoms with E-state index in [-0.39, 0.29) is 11.7 Å². The van der Waals surface area contributed by atoms with E-state index in [1.54, 1.807) is 55.1 Å². The quantitative estimate of drug-likeness (QED) is 0.689. The van der Waals surface area contributed by atoms with Crippen molar-refractivity contribution in [1.29, 1.82) is 0 Å². The van der Waals surface area contributed by atoms with E-state index in [0.717, 1.165) is 5.69 Å². The van der Waals surface area contributed by atoms with Crippen LogP contribution in [-0.2, 0) is 0 Å². The summed E-state index contributed by atoms with van der Waals surface area (Å²) in [6, 6.07) is 8.65. The predicted octanol–water partition coefficient (Wildman–Crippen LogP) is 4.60. The molecule has 0 saturated carbocycles. The third kappa shape index (κ3) is 3.13. The highest BCUT2D eigenvalue weighted by Gasteiger charge is 2.17. The zero-order valence-electron chi connectivity index (χ0n) is 14.6. The third-order valence-corrected chi connectivity index (χ3v) is 3.82. The van der Waals surface area contributed by atoms with E-state index in [9.17, 15) is 5.11 Å². The molecule has 130 valence electrons. The topological polar surface area (TPSA) is 80.7 Å². The number of pyridine rings is 1. The molecule has 7 nitrogen and oxygen atoms in total. The molecule has 1 N–H and O–H groups in total. The van der Waals surface area contributed by atoms with Crippen molar-refractivity contribution in [2.24, 2.45) is 10.2 Å². The highest BCUT2D eigenvalue weighted by Crippen LogP contribution is 2.35. The molecule has 0 aliphatic heterocycles. The molecule has 0 unspecified atom stereocenters. The van der Waals surface area contributed by atoms with Gasteiger partial charge in [0.05, 0.1) is 19.9 Å². The van der Waals surface area contributed by atoms with Gasteiger partial charge in [0.25, 0.3) is 0 Å². The minimum atomic E-state index is 0.102. The molecule has 0 radical (unpaired) electrons. The first-order chi connectivity index (χ1) is 12.0. The first-order valence-corrected chi connectivity index (χ1v) is 7.88. The normalized spacial score (nSPS) is 11.6. The third-order valence-electron chi connectivity index (χ3n) is 3.82. The van der Waals surface area contributed by atoms with Gasteiger partial charge in [-0.05, 0) is 30.2 Å². The Labute approximate surface area is 145 Å². The van der Waals surface area contributed by atoms with E-state index in [1.165, 1.54) is 0 Å². The van der Waals surface area contributed by atoms with E-state index in [1.807, 2.05) is 13.8 Å². The number of fused-ring (bicyclic) bond motifs is 1. The summed E-state index contributed by atoms with van der Waals surface area (Å²) in [5, 5.41) is 18.8. The summed E-state index contributed by atoms with van der Waals surface area (Å²) >= 11 is 0. The number of nitrogens with zero attached hydrogens (tertiary/aromatic N) is 4. The van der Waals surface area contributed by atoms with Crippen LogP contribution in [-0.4, -0.2) is 28.7 Å². The Morgan fingerprint density at radius 3 is 2.60 bits per heavy atom. The average molecular weight is 340 g/mol. The summed E-state index contributed by atoms with van der Waals surface area (Å²) in [6.45, 7) is 4.04. The smallest absolute Gasteiger partial charge is 0.183 e. The van der Waals surface area contributed by atoms with E-state index >= 15 is 0 Å². The van der Waals surface area contributed by atoms with Crippen LogP contribution in [0.2, 0.25) is 0 Å². The molecule has 0 bridgehead atoms. The molecule has 25 heavy (non-hydrogen) atoms. The van der Waals surface area contributed by atoms with Crippen LogP contribution < -0.4 is 9.47 Å². The van der Waals surface area contributed by atoms with Gasteiger partial charge in [-0.15, -0.1) is 10.2 Å². The van der Waals surface area contributed by atoms with Crippen LogP contribution in [0.1, 0.15) is 25.5 Å². The van der Waals surface area contributed by atoms with Gasteiger partial charge in [-0.25, -0.2) is 4.98 Å². The fourth-order valence-electron chi connectivity index (χ4n) is 2.52. The first-order valence-electron chi connectivity index (χ1n) is 7.88. The van der Waals surface area contributed by atoms with Gasteiger partial charge in [0.2, 0.25) is 0 Å². The van der Waals surface area contributed by atoms with Gasteiger partial charge >= 0.3 is 0 Å². The molecule has 0 fully saturated rings. The van der Waals surface area contributed by atoms with Crippen molar-refractivity contribution in [2.75, 3.05) is 14.2 Å². The second kappa shape index (κ2) is 6.80. The number of methoxy groups -OCH3 is 2. The van der Waals surface area contributed by atoms with Crippen molar-refractivity contribution in [3.05, 3.63) is 42.2 Å². The molecule has 3 rings (SSSR count). The Morgan fingerprint density at radius 1 is 1.12 bits per heavy atom. The molecular weight excluding hydrogens is 320 g/mol. The summed E-state index contributed by atoms with van der Waals surface area (Å²) in [6.07, 6.45) is 1.80. The van der Waals surface area contributed by atoms with Crippen LogP contribution in [0.4, 0.5) is 11.5 Å². The molecule has 2 heterocycles. The first kappa shape index (κ1) is 16.8. The minimum Gasteiger partial charge on any atom is -0.504 e. The Morgan fingerprint density at radius 2 is 1.92 bits per heavy atom. The maximum atomic E-state index is 10.0. The lowest BCUT2D eigenvalue weighted by molar-refractivity contribution is 0.404. The van der Waals surface area contributed by atoms with Gasteiger partial charge in [0, 0.05) is 12.3 Å². The van der Waals surface area contributed by atoms with Crippen molar-refractivity contribution >= 4 is 17.2 Å². The zero-order chi connectivity index (χ0) is 18.0. The van der Waals surface area contributed by atoms with Crippen molar-refractivity contribution in [3.8, 4) is 17.2 Å². The Kier molecular flexibility index (Phi) is 4.56. The second-order valence-electron chi connectivity index (χ2n) is 5.80. The van der Waals surface area contributed by atoms with E-state index in [0.29, 0.717) is 28.7 Å². The Bertz CT molecular complexity index is 931. The van der Waals surface area contributed by atoms with Crippen molar-refractivity contribution < 1.29 is 14.6 Å². The highest BCUT2D eigenvalue weighted by molar-refractivity contribution is 5.61. The number of imidazole rings is 1. The van der Waals surface area contributed by atoms with E-state index in [2.05, 4.69) is 15.2 Å². The molecule has 0 spiro atoms. The number of rotatable bonds is 5. The number of aromatic nitrogens is 2. The van der Waals surface area contributed by atoms with Crippen LogP contribution in [0.15, 0.2) is 46.8 Å². The van der Waals surface area contributed by atoms with Gasteiger partial charge in [-0.3, -0.25) is 4.40 Å². The van der Waals surface area contributed by atoms with Crippen LogP contribution in [0.25, 0.3) is 5.65 Å². The monoisotopic (exact) mass is 340 g/mol. The largest absolute Gasteiger partial charge is 0.504 e. The second-order valence-corrected chi connectivity index (χ2v) is 5.80. The maximum absolute atomic E-state index is 10.0. The Hall–Kier alpha value is -3.09. The van der Waals surface area contributed by atoms with Gasteiger partial charge in [-0.1, -0.05) is 13.8 Å². The van der Waals surface area contributed by atoms with Crippen molar-refractivity contribution in [3.63, 3.8) is 0 Å². The van der Waals surface area contributed by atoms with E-state index < -0.39 is 0 Å². The lowest BCUT2D eigenvalue weighted by Gasteiger charge is -2.06. The minimum absolute atomic E-state index is 0.102. The molecule has 0 aliphatic carbocycles. The zero-order valence-corrected chi connectivity index (χ0v) is 14.6. The molecule has 3 aromatic rings. The molecule has 7 heteroatoms. The lowest BCUT2D eigenvalue weighted by atomic mass is 10.1. The van der Waals surface area contributed by atoms with Crippen molar-refractivity contribution in [1.82, 2.24) is 9.38 Å². The summed E-state index contributed by atoms with van der Waals surface area (Å²) < 4.78 is 12.3. The molecule has 0 amide bonds. The molecule has 0 atom stereocenters. The molecule has 0 saturated heterocycles. The summed E-state index contributed by atoms with van der Waals surface area (Å²) in [5.74, 6) is 2.05. The number of aromatic hydroxyl groups is 1.